The SMILES string of the molecule is CN(C(=O)c1n[nH]c2ccccc12)C(C)(C)CO. The van der Waals surface area contributed by atoms with Gasteiger partial charge in [-0.15, -0.1) is 0 Å². The highest BCUT2D eigenvalue weighted by atomic mass is 16.3. The Balaban J connectivity index is 2.40. The van der Waals surface area contributed by atoms with Gasteiger partial charge in [0.15, 0.2) is 5.69 Å². The quantitative estimate of drug-likeness (QED) is 0.861. The van der Waals surface area contributed by atoms with Crippen LogP contribution in [-0.4, -0.2) is 45.3 Å². The van der Waals surface area contributed by atoms with Crippen LogP contribution in [0.4, 0.5) is 0 Å². The van der Waals surface area contributed by atoms with Gasteiger partial charge in [0.25, 0.3) is 5.91 Å². The Morgan fingerprint density at radius 2 is 2.11 bits per heavy atom. The summed E-state index contributed by atoms with van der Waals surface area (Å²) in [5.74, 6) is -0.202. The number of para-hydroxylation sites is 1. The molecule has 0 saturated carbocycles. The van der Waals surface area contributed by atoms with Gasteiger partial charge in [-0.1, -0.05) is 18.2 Å². The minimum atomic E-state index is -0.614. The molecule has 0 bridgehead atoms. The predicted molar refractivity (Wildman–Crippen MR) is 69.4 cm³/mol. The smallest absolute Gasteiger partial charge is 0.275 e. The molecule has 2 N–H and O–H groups in total. The molecule has 0 aliphatic heterocycles. The lowest BCUT2D eigenvalue weighted by molar-refractivity contribution is 0.0469. The minimum absolute atomic E-state index is 0.0996. The van der Waals surface area contributed by atoms with Crippen LogP contribution < -0.4 is 0 Å². The van der Waals surface area contributed by atoms with E-state index in [9.17, 15) is 9.90 Å². The Morgan fingerprint density at radius 3 is 2.78 bits per heavy atom. The van der Waals surface area contributed by atoms with Gasteiger partial charge in [-0.3, -0.25) is 9.89 Å². The van der Waals surface area contributed by atoms with E-state index >= 15 is 0 Å². The van der Waals surface area contributed by atoms with E-state index in [0.717, 1.165) is 10.9 Å². The molecule has 0 radical (unpaired) electrons. The zero-order valence-corrected chi connectivity index (χ0v) is 10.8. The summed E-state index contributed by atoms with van der Waals surface area (Å²) < 4.78 is 0. The summed E-state index contributed by atoms with van der Waals surface area (Å²) >= 11 is 0. The summed E-state index contributed by atoms with van der Waals surface area (Å²) in [6.45, 7) is 3.51. The number of nitrogens with one attached hydrogen (secondary N) is 1. The number of carbonyl (C=O) groups is 1. The van der Waals surface area contributed by atoms with Crippen LogP contribution in [0.2, 0.25) is 0 Å². The number of aliphatic hydroxyl groups excluding tert-OH is 1. The van der Waals surface area contributed by atoms with Gasteiger partial charge in [-0.2, -0.15) is 5.10 Å². The number of benzene rings is 1. The molecule has 0 saturated heterocycles. The molecule has 2 aromatic rings. The molecular weight excluding hydrogens is 230 g/mol. The number of aromatic amines is 1. The van der Waals surface area contributed by atoms with E-state index in [-0.39, 0.29) is 12.5 Å². The first kappa shape index (κ1) is 12.6. The van der Waals surface area contributed by atoms with Gasteiger partial charge < -0.3 is 10.0 Å². The minimum Gasteiger partial charge on any atom is -0.394 e. The number of amides is 1. The van der Waals surface area contributed by atoms with E-state index in [1.807, 2.05) is 24.3 Å². The van der Waals surface area contributed by atoms with Gasteiger partial charge in [-0.05, 0) is 19.9 Å². The lowest BCUT2D eigenvalue weighted by atomic mass is 10.0. The first-order valence-electron chi connectivity index (χ1n) is 5.79. The lowest BCUT2D eigenvalue weighted by Gasteiger charge is -2.33. The van der Waals surface area contributed by atoms with Crippen molar-refractivity contribution in [1.82, 2.24) is 15.1 Å². The topological polar surface area (TPSA) is 69.2 Å². The first-order valence-corrected chi connectivity index (χ1v) is 5.79. The van der Waals surface area contributed by atoms with Gasteiger partial charge in [0.2, 0.25) is 0 Å². The molecule has 1 amide bonds. The number of likely N-dealkylation sites (N-methyl/N-ethyl adjacent to an activating group) is 1. The number of hydrogen-bond acceptors (Lipinski definition) is 3. The second kappa shape index (κ2) is 4.42. The summed E-state index contributed by atoms with van der Waals surface area (Å²) in [6.07, 6.45) is 0. The third-order valence-corrected chi connectivity index (χ3v) is 3.27. The molecule has 1 aromatic carbocycles. The van der Waals surface area contributed by atoms with Crippen LogP contribution in [0, 0.1) is 0 Å². The third kappa shape index (κ3) is 1.97. The van der Waals surface area contributed by atoms with E-state index in [2.05, 4.69) is 10.2 Å². The molecule has 0 spiro atoms. The van der Waals surface area contributed by atoms with Gasteiger partial charge in [0.05, 0.1) is 17.7 Å². The Kier molecular flexibility index (Phi) is 3.09. The normalized spacial score (nSPS) is 11.8. The highest BCUT2D eigenvalue weighted by Crippen LogP contribution is 2.20. The number of aromatic nitrogens is 2. The average molecular weight is 247 g/mol. The number of hydrogen-bond donors (Lipinski definition) is 2. The summed E-state index contributed by atoms with van der Waals surface area (Å²) in [6, 6.07) is 7.48. The van der Waals surface area contributed by atoms with E-state index in [4.69, 9.17) is 0 Å². The molecule has 1 heterocycles. The molecule has 18 heavy (non-hydrogen) atoms. The van der Waals surface area contributed by atoms with Crippen LogP contribution in [-0.2, 0) is 0 Å². The largest absolute Gasteiger partial charge is 0.394 e. The highest BCUT2D eigenvalue weighted by molar-refractivity contribution is 6.04. The van der Waals surface area contributed by atoms with Crippen molar-refractivity contribution in [2.24, 2.45) is 0 Å². The van der Waals surface area contributed by atoms with E-state index in [1.165, 1.54) is 4.90 Å². The second-order valence-corrected chi connectivity index (χ2v) is 4.95. The molecule has 0 fully saturated rings. The van der Waals surface area contributed by atoms with Crippen molar-refractivity contribution < 1.29 is 9.90 Å². The Hall–Kier alpha value is -1.88. The fraction of sp³-hybridized carbons (Fsp3) is 0.385. The Bertz CT molecular complexity index is 574. The molecule has 0 aliphatic carbocycles. The van der Waals surface area contributed by atoms with Crippen molar-refractivity contribution in [3.8, 4) is 0 Å². The van der Waals surface area contributed by atoms with Gasteiger partial charge in [0, 0.05) is 12.4 Å². The molecule has 0 atom stereocenters. The van der Waals surface area contributed by atoms with Crippen molar-refractivity contribution in [3.63, 3.8) is 0 Å². The Labute approximate surface area is 105 Å². The van der Waals surface area contributed by atoms with Crippen molar-refractivity contribution >= 4 is 16.8 Å². The molecule has 2 rings (SSSR count). The fourth-order valence-electron chi connectivity index (χ4n) is 1.67. The van der Waals surface area contributed by atoms with Crippen molar-refractivity contribution in [1.29, 1.82) is 0 Å². The number of nitrogens with zero attached hydrogens (tertiary/aromatic N) is 2. The summed E-state index contributed by atoms with van der Waals surface area (Å²) in [5.41, 5.74) is 0.600. The van der Waals surface area contributed by atoms with Crippen LogP contribution in [0.15, 0.2) is 24.3 Å². The van der Waals surface area contributed by atoms with Crippen molar-refractivity contribution in [3.05, 3.63) is 30.0 Å². The van der Waals surface area contributed by atoms with E-state index in [1.54, 1.807) is 20.9 Å². The van der Waals surface area contributed by atoms with Gasteiger partial charge in [0.1, 0.15) is 0 Å². The maximum Gasteiger partial charge on any atom is 0.275 e. The van der Waals surface area contributed by atoms with Crippen molar-refractivity contribution in [2.45, 2.75) is 19.4 Å². The number of H-pyrrole nitrogens is 1. The molecular formula is C13H17N3O2. The van der Waals surface area contributed by atoms with Crippen LogP contribution in [0.1, 0.15) is 24.3 Å². The van der Waals surface area contributed by atoms with Gasteiger partial charge >= 0.3 is 0 Å². The molecule has 5 nitrogen and oxygen atoms in total. The summed E-state index contributed by atoms with van der Waals surface area (Å²) in [7, 11) is 1.67. The maximum absolute atomic E-state index is 12.4. The standard InChI is InChI=1S/C13H17N3O2/c1-13(2,8-17)16(3)12(18)11-9-6-4-5-7-10(9)14-15-11/h4-7,17H,8H2,1-3H3,(H,14,15). The maximum atomic E-state index is 12.4. The average Bonchev–Trinajstić information content (AvgIpc) is 2.80. The summed E-state index contributed by atoms with van der Waals surface area (Å²) in [5, 5.41) is 17.0. The van der Waals surface area contributed by atoms with E-state index < -0.39 is 5.54 Å². The predicted octanol–water partition coefficient (Wildman–Crippen LogP) is 1.41. The third-order valence-electron chi connectivity index (χ3n) is 3.27. The van der Waals surface area contributed by atoms with Crippen LogP contribution >= 0.6 is 0 Å². The number of rotatable bonds is 3. The first-order chi connectivity index (χ1) is 8.47. The van der Waals surface area contributed by atoms with Crippen LogP contribution in [0.5, 0.6) is 0 Å². The van der Waals surface area contributed by atoms with Crippen LogP contribution in [0.3, 0.4) is 0 Å². The molecule has 96 valence electrons. The molecule has 0 aliphatic rings. The van der Waals surface area contributed by atoms with Gasteiger partial charge in [-0.25, -0.2) is 0 Å². The molecule has 1 aromatic heterocycles. The fourth-order valence-corrected chi connectivity index (χ4v) is 1.67. The number of carbonyl (C=O) groups excluding carboxylic acids is 1. The monoisotopic (exact) mass is 247 g/mol. The number of fused-ring (bicyclic) bond motifs is 1. The van der Waals surface area contributed by atoms with Crippen molar-refractivity contribution in [2.75, 3.05) is 13.7 Å². The zero-order valence-electron chi connectivity index (χ0n) is 10.8. The Morgan fingerprint density at radius 1 is 1.44 bits per heavy atom. The number of aliphatic hydroxyl groups is 1. The molecule has 5 heteroatoms. The van der Waals surface area contributed by atoms with Crippen LogP contribution in [0.25, 0.3) is 10.9 Å². The lowest BCUT2D eigenvalue weighted by Crippen LogP contribution is -2.47. The highest BCUT2D eigenvalue weighted by Gasteiger charge is 2.29. The second-order valence-electron chi connectivity index (χ2n) is 4.95. The zero-order chi connectivity index (χ0) is 13.3. The van der Waals surface area contributed by atoms with E-state index in [0.29, 0.717) is 5.69 Å². The molecule has 0 unspecified atom stereocenters. The summed E-state index contributed by atoms with van der Waals surface area (Å²) in [4.78, 5) is 13.9.